The van der Waals surface area contributed by atoms with Crippen LogP contribution in [0.15, 0.2) is 0 Å². The molecule has 1 nitrogen and oxygen atoms in total. The van der Waals surface area contributed by atoms with Crippen LogP contribution in [0.3, 0.4) is 0 Å². The van der Waals surface area contributed by atoms with Crippen molar-refractivity contribution in [2.75, 3.05) is 13.6 Å². The highest BCUT2D eigenvalue weighted by Gasteiger charge is 2.18. The summed E-state index contributed by atoms with van der Waals surface area (Å²) in [4.78, 5) is 0. The highest BCUT2D eigenvalue weighted by Crippen LogP contribution is 2.07. The van der Waals surface area contributed by atoms with Gasteiger partial charge in [0.2, 0.25) is 0 Å². The van der Waals surface area contributed by atoms with Crippen molar-refractivity contribution in [3.8, 4) is 0 Å². The van der Waals surface area contributed by atoms with E-state index in [1.165, 1.54) is 7.05 Å². The fraction of sp³-hybridized carbons (Fsp3) is 1.00. The molecule has 0 atom stereocenters. The van der Waals surface area contributed by atoms with E-state index in [1.807, 2.05) is 0 Å². The van der Waals surface area contributed by atoms with Gasteiger partial charge in [-0.2, -0.15) is 0 Å². The van der Waals surface area contributed by atoms with Gasteiger partial charge in [0.05, 0.1) is 6.54 Å². The summed E-state index contributed by atoms with van der Waals surface area (Å²) in [7, 11) is 1.50. The van der Waals surface area contributed by atoms with Gasteiger partial charge < -0.3 is 5.32 Å². The van der Waals surface area contributed by atoms with Crippen molar-refractivity contribution < 1.29 is 8.78 Å². The molecule has 0 fully saturated rings. The van der Waals surface area contributed by atoms with E-state index < -0.39 is 5.92 Å². The summed E-state index contributed by atoms with van der Waals surface area (Å²) in [5, 5.41) is 2.36. The van der Waals surface area contributed by atoms with Gasteiger partial charge in [-0.05, 0) is 7.05 Å². The van der Waals surface area contributed by atoms with Crippen LogP contribution in [-0.2, 0) is 0 Å². The summed E-state index contributed by atoms with van der Waals surface area (Å²) in [6, 6.07) is 0. The molecular formula is C4H10ClF2N. The van der Waals surface area contributed by atoms with Gasteiger partial charge >= 0.3 is 0 Å². The van der Waals surface area contributed by atoms with E-state index in [2.05, 4.69) is 5.32 Å². The smallest absolute Gasteiger partial charge is 0.257 e. The molecule has 0 radical (unpaired) electrons. The standard InChI is InChI=1S/C4H9F2N.ClH/c1-4(5,6)3-7-2;/h7H,3H2,1-2H3;1H. The summed E-state index contributed by atoms with van der Waals surface area (Å²) in [6.07, 6.45) is 0. The van der Waals surface area contributed by atoms with Gasteiger partial charge in [-0.3, -0.25) is 0 Å². The second-order valence-corrected chi connectivity index (χ2v) is 1.60. The Bertz CT molecular complexity index is 52.5. The van der Waals surface area contributed by atoms with Gasteiger partial charge in [-0.15, -0.1) is 12.4 Å². The lowest BCUT2D eigenvalue weighted by molar-refractivity contribution is 0.0247. The highest BCUT2D eigenvalue weighted by molar-refractivity contribution is 5.85. The van der Waals surface area contributed by atoms with Crippen molar-refractivity contribution in [3.05, 3.63) is 0 Å². The lowest BCUT2D eigenvalue weighted by Gasteiger charge is -2.06. The lowest BCUT2D eigenvalue weighted by atomic mass is 10.4. The van der Waals surface area contributed by atoms with Crippen LogP contribution < -0.4 is 5.32 Å². The van der Waals surface area contributed by atoms with Crippen LogP contribution >= 0.6 is 12.4 Å². The summed E-state index contributed by atoms with van der Waals surface area (Å²) in [6.45, 7) is 0.635. The zero-order valence-electron chi connectivity index (χ0n) is 4.87. The van der Waals surface area contributed by atoms with Gasteiger partial charge in [0.25, 0.3) is 5.92 Å². The van der Waals surface area contributed by atoms with E-state index in [0.717, 1.165) is 6.92 Å². The zero-order valence-corrected chi connectivity index (χ0v) is 5.69. The Morgan fingerprint density at radius 3 is 1.88 bits per heavy atom. The molecule has 0 aliphatic heterocycles. The summed E-state index contributed by atoms with van der Waals surface area (Å²) in [5.41, 5.74) is 0. The Labute approximate surface area is 53.9 Å². The number of hydrogen-bond donors (Lipinski definition) is 1. The van der Waals surface area contributed by atoms with Gasteiger partial charge in [-0.25, -0.2) is 8.78 Å². The van der Waals surface area contributed by atoms with Crippen LogP contribution in [0.4, 0.5) is 8.78 Å². The first-order valence-corrected chi connectivity index (χ1v) is 2.09. The first-order chi connectivity index (χ1) is 3.06. The number of nitrogens with one attached hydrogen (secondary N) is 1. The van der Waals surface area contributed by atoms with Crippen LogP contribution in [0.25, 0.3) is 0 Å². The monoisotopic (exact) mass is 145 g/mol. The topological polar surface area (TPSA) is 12.0 Å². The molecule has 4 heteroatoms. The minimum Gasteiger partial charge on any atom is -0.314 e. The predicted octanol–water partition coefficient (Wildman–Crippen LogP) is 1.28. The Morgan fingerprint density at radius 1 is 1.50 bits per heavy atom. The van der Waals surface area contributed by atoms with Crippen molar-refractivity contribution in [2.45, 2.75) is 12.8 Å². The molecule has 0 aliphatic carbocycles. The summed E-state index contributed by atoms with van der Waals surface area (Å²) in [5.74, 6) is -2.56. The van der Waals surface area contributed by atoms with E-state index in [9.17, 15) is 8.78 Å². The van der Waals surface area contributed by atoms with Crippen molar-refractivity contribution in [3.63, 3.8) is 0 Å². The Balaban J connectivity index is 0. The average molecular weight is 146 g/mol. The van der Waals surface area contributed by atoms with E-state index in [1.54, 1.807) is 0 Å². The van der Waals surface area contributed by atoms with Crippen LogP contribution in [-0.4, -0.2) is 19.5 Å². The molecule has 0 unspecified atom stereocenters. The first kappa shape index (κ1) is 11.0. The maximum Gasteiger partial charge on any atom is 0.257 e. The van der Waals surface area contributed by atoms with Gasteiger partial charge in [0.15, 0.2) is 0 Å². The largest absolute Gasteiger partial charge is 0.314 e. The summed E-state index contributed by atoms with van der Waals surface area (Å²) < 4.78 is 23.3. The molecule has 0 spiro atoms. The average Bonchev–Trinajstić information content (AvgIpc) is 1.30. The second kappa shape index (κ2) is 4.04. The Hall–Kier alpha value is 0.110. The van der Waals surface area contributed by atoms with Crippen LogP contribution in [0.5, 0.6) is 0 Å². The predicted molar refractivity (Wildman–Crippen MR) is 31.8 cm³/mol. The van der Waals surface area contributed by atoms with E-state index in [-0.39, 0.29) is 19.0 Å². The van der Waals surface area contributed by atoms with E-state index in [0.29, 0.717) is 0 Å². The Morgan fingerprint density at radius 2 is 1.88 bits per heavy atom. The third kappa shape index (κ3) is 9.44. The number of hydrogen-bond acceptors (Lipinski definition) is 1. The molecule has 52 valence electrons. The zero-order chi connectivity index (χ0) is 5.91. The van der Waals surface area contributed by atoms with Crippen LogP contribution in [0.1, 0.15) is 6.92 Å². The number of halogens is 3. The molecule has 0 amide bonds. The number of rotatable bonds is 2. The van der Waals surface area contributed by atoms with E-state index >= 15 is 0 Å². The summed E-state index contributed by atoms with van der Waals surface area (Å²) >= 11 is 0. The third-order valence-electron chi connectivity index (χ3n) is 0.487. The molecule has 1 N–H and O–H groups in total. The third-order valence-corrected chi connectivity index (χ3v) is 0.487. The molecule has 0 saturated heterocycles. The SMILES string of the molecule is CNCC(C)(F)F.Cl. The molecule has 0 aromatic rings. The molecule has 0 saturated carbocycles. The van der Waals surface area contributed by atoms with Crippen molar-refractivity contribution >= 4 is 12.4 Å². The minimum absolute atomic E-state index is 0. The molecule has 0 aromatic carbocycles. The maximum atomic E-state index is 11.7. The lowest BCUT2D eigenvalue weighted by Crippen LogP contribution is -2.26. The van der Waals surface area contributed by atoms with Crippen LogP contribution in [0, 0.1) is 0 Å². The molecule has 0 rings (SSSR count). The quantitative estimate of drug-likeness (QED) is 0.618. The highest BCUT2D eigenvalue weighted by atomic mass is 35.5. The second-order valence-electron chi connectivity index (χ2n) is 1.60. The normalized spacial score (nSPS) is 10.5. The first-order valence-electron chi connectivity index (χ1n) is 2.09. The van der Waals surface area contributed by atoms with Crippen LogP contribution in [0.2, 0.25) is 0 Å². The van der Waals surface area contributed by atoms with Gasteiger partial charge in [0.1, 0.15) is 0 Å². The number of alkyl halides is 2. The molecule has 0 aromatic heterocycles. The fourth-order valence-corrected chi connectivity index (χ4v) is 0.310. The van der Waals surface area contributed by atoms with Crippen molar-refractivity contribution in [2.24, 2.45) is 0 Å². The molecule has 0 heterocycles. The molecular weight excluding hydrogens is 136 g/mol. The van der Waals surface area contributed by atoms with Gasteiger partial charge in [-0.1, -0.05) is 0 Å². The van der Waals surface area contributed by atoms with E-state index in [4.69, 9.17) is 0 Å². The molecule has 8 heavy (non-hydrogen) atoms. The molecule has 0 bridgehead atoms. The van der Waals surface area contributed by atoms with Crippen molar-refractivity contribution in [1.29, 1.82) is 0 Å². The maximum absolute atomic E-state index is 11.7. The van der Waals surface area contributed by atoms with Gasteiger partial charge in [0, 0.05) is 6.92 Å². The fourth-order valence-electron chi connectivity index (χ4n) is 0.310. The molecule has 0 aliphatic rings. The minimum atomic E-state index is -2.56. The Kier molecular flexibility index (Phi) is 5.54. The van der Waals surface area contributed by atoms with Crippen molar-refractivity contribution in [1.82, 2.24) is 5.32 Å².